The third-order valence-electron chi connectivity index (χ3n) is 6.03. The Hall–Kier alpha value is -3.52. The lowest BCUT2D eigenvalue weighted by molar-refractivity contribution is -0.140. The van der Waals surface area contributed by atoms with Gasteiger partial charge in [0.1, 0.15) is 11.5 Å². The number of rotatable bonds is 11. The van der Waals surface area contributed by atoms with E-state index in [1.54, 1.807) is 43.5 Å². The highest BCUT2D eigenvalue weighted by Gasteiger charge is 2.46. The molecule has 1 aliphatic rings. The zero-order valence-electron chi connectivity index (χ0n) is 21.8. The molecule has 1 fully saturated rings. The van der Waals surface area contributed by atoms with Crippen LogP contribution in [0.4, 0.5) is 0 Å². The van der Waals surface area contributed by atoms with Gasteiger partial charge >= 0.3 is 0 Å². The maximum Gasteiger partial charge on any atom is 0.295 e. The number of methoxy groups -OCH3 is 3. The van der Waals surface area contributed by atoms with Crippen LogP contribution in [0, 0.1) is 12.8 Å². The lowest BCUT2D eigenvalue weighted by atomic mass is 9.94. The second kappa shape index (κ2) is 11.9. The molecule has 1 unspecified atom stereocenters. The van der Waals surface area contributed by atoms with Gasteiger partial charge < -0.3 is 29.0 Å². The Balaban J connectivity index is 2.11. The van der Waals surface area contributed by atoms with Crippen LogP contribution < -0.4 is 14.2 Å². The first kappa shape index (κ1) is 27.1. The minimum absolute atomic E-state index is 0.0277. The largest absolute Gasteiger partial charge is 0.507 e. The summed E-state index contributed by atoms with van der Waals surface area (Å²) in [6, 6.07) is 9.64. The molecule has 8 heteroatoms. The molecule has 0 spiro atoms. The molecule has 0 saturated carbocycles. The van der Waals surface area contributed by atoms with E-state index in [-0.39, 0.29) is 17.9 Å². The van der Waals surface area contributed by atoms with Crippen LogP contribution in [0.2, 0.25) is 0 Å². The van der Waals surface area contributed by atoms with E-state index in [0.717, 1.165) is 5.56 Å². The molecular weight excluding hydrogens is 462 g/mol. The van der Waals surface area contributed by atoms with Gasteiger partial charge in [-0.15, -0.1) is 0 Å². The molecule has 1 saturated heterocycles. The van der Waals surface area contributed by atoms with Crippen molar-refractivity contribution in [3.05, 3.63) is 58.7 Å². The summed E-state index contributed by atoms with van der Waals surface area (Å²) >= 11 is 0. The van der Waals surface area contributed by atoms with E-state index in [9.17, 15) is 14.7 Å². The highest BCUT2D eigenvalue weighted by molar-refractivity contribution is 6.46. The summed E-state index contributed by atoms with van der Waals surface area (Å²) in [5, 5.41) is 11.3. The monoisotopic (exact) mass is 497 g/mol. The lowest BCUT2D eigenvalue weighted by Gasteiger charge is -2.26. The van der Waals surface area contributed by atoms with Crippen LogP contribution in [0.1, 0.15) is 43.0 Å². The van der Waals surface area contributed by atoms with Crippen molar-refractivity contribution in [3.8, 4) is 17.2 Å². The normalized spacial score (nSPS) is 17.1. The minimum atomic E-state index is -0.793. The number of amides is 1. The molecule has 1 atom stereocenters. The fourth-order valence-corrected chi connectivity index (χ4v) is 4.23. The molecule has 36 heavy (non-hydrogen) atoms. The zero-order chi connectivity index (χ0) is 26.4. The molecule has 3 rings (SSSR count). The van der Waals surface area contributed by atoms with Gasteiger partial charge in [-0.3, -0.25) is 9.59 Å². The summed E-state index contributed by atoms with van der Waals surface area (Å²) in [6.45, 7) is 7.29. The maximum atomic E-state index is 13.2. The van der Waals surface area contributed by atoms with E-state index in [2.05, 4.69) is 13.8 Å². The van der Waals surface area contributed by atoms with E-state index in [0.29, 0.717) is 53.9 Å². The summed E-state index contributed by atoms with van der Waals surface area (Å²) in [7, 11) is 4.63. The fourth-order valence-electron chi connectivity index (χ4n) is 4.23. The first-order valence-corrected chi connectivity index (χ1v) is 12.0. The second-order valence-corrected chi connectivity index (χ2v) is 9.14. The van der Waals surface area contributed by atoms with Crippen molar-refractivity contribution in [2.24, 2.45) is 5.92 Å². The second-order valence-electron chi connectivity index (χ2n) is 9.14. The van der Waals surface area contributed by atoms with Gasteiger partial charge in [0.2, 0.25) is 0 Å². The van der Waals surface area contributed by atoms with Gasteiger partial charge in [0.15, 0.2) is 11.5 Å². The van der Waals surface area contributed by atoms with E-state index < -0.39 is 17.7 Å². The number of nitrogens with zero attached hydrogens (tertiary/aromatic N) is 1. The molecule has 194 valence electrons. The quantitative estimate of drug-likeness (QED) is 0.211. The number of aryl methyl sites for hydroxylation is 1. The highest BCUT2D eigenvalue weighted by atomic mass is 16.5. The first-order valence-electron chi connectivity index (χ1n) is 12.0. The molecular formula is C28H35NO7. The number of likely N-dealkylation sites (tertiary alicyclic amines) is 1. The predicted octanol–water partition coefficient (Wildman–Crippen LogP) is 4.51. The number of carbonyl (C=O) groups excluding carboxylic acids is 2. The Morgan fingerprint density at radius 1 is 1.00 bits per heavy atom. The van der Waals surface area contributed by atoms with Crippen molar-refractivity contribution in [3.63, 3.8) is 0 Å². The first-order chi connectivity index (χ1) is 17.2. The number of aliphatic hydroxyl groups excluding tert-OH is 1. The zero-order valence-corrected chi connectivity index (χ0v) is 21.8. The maximum absolute atomic E-state index is 13.2. The number of ketones is 1. The Morgan fingerprint density at radius 2 is 1.69 bits per heavy atom. The van der Waals surface area contributed by atoms with Crippen molar-refractivity contribution in [1.29, 1.82) is 0 Å². The van der Waals surface area contributed by atoms with Crippen LogP contribution in [0.25, 0.3) is 5.76 Å². The van der Waals surface area contributed by atoms with Gasteiger partial charge in [-0.25, -0.2) is 0 Å². The van der Waals surface area contributed by atoms with E-state index >= 15 is 0 Å². The molecule has 2 aromatic carbocycles. The molecule has 8 nitrogen and oxygen atoms in total. The molecule has 1 N–H and O–H groups in total. The third kappa shape index (κ3) is 5.65. The van der Waals surface area contributed by atoms with Gasteiger partial charge in [-0.05, 0) is 60.7 Å². The lowest BCUT2D eigenvalue weighted by Crippen LogP contribution is -2.31. The Kier molecular flexibility index (Phi) is 8.98. The number of hydrogen-bond donors (Lipinski definition) is 1. The van der Waals surface area contributed by atoms with Gasteiger partial charge in [0, 0.05) is 25.8 Å². The van der Waals surface area contributed by atoms with Crippen LogP contribution in [0.3, 0.4) is 0 Å². The van der Waals surface area contributed by atoms with E-state index in [1.165, 1.54) is 19.1 Å². The predicted molar refractivity (Wildman–Crippen MR) is 137 cm³/mol. The van der Waals surface area contributed by atoms with Crippen molar-refractivity contribution in [1.82, 2.24) is 4.90 Å². The van der Waals surface area contributed by atoms with Crippen LogP contribution in [-0.4, -0.2) is 62.8 Å². The topological polar surface area (TPSA) is 94.5 Å². The highest BCUT2D eigenvalue weighted by Crippen LogP contribution is 2.42. The molecule has 1 heterocycles. The summed E-state index contributed by atoms with van der Waals surface area (Å²) < 4.78 is 21.8. The Labute approximate surface area is 212 Å². The Morgan fingerprint density at radius 3 is 2.31 bits per heavy atom. The average Bonchev–Trinajstić information content (AvgIpc) is 3.12. The Bertz CT molecular complexity index is 1140. The summed E-state index contributed by atoms with van der Waals surface area (Å²) in [5.74, 6) is 0.416. The number of Topliss-reactive ketones (excluding diaryl/α,β-unsaturated/α-hetero) is 1. The van der Waals surface area contributed by atoms with Gasteiger partial charge in [0.25, 0.3) is 11.7 Å². The number of aliphatic hydroxyl groups is 1. The van der Waals surface area contributed by atoms with Crippen molar-refractivity contribution < 1.29 is 33.6 Å². The number of hydrogen-bond acceptors (Lipinski definition) is 7. The van der Waals surface area contributed by atoms with Crippen LogP contribution in [0.15, 0.2) is 42.0 Å². The van der Waals surface area contributed by atoms with Crippen LogP contribution >= 0.6 is 0 Å². The molecule has 0 radical (unpaired) electrons. The van der Waals surface area contributed by atoms with E-state index in [1.807, 2.05) is 6.92 Å². The van der Waals surface area contributed by atoms with Crippen LogP contribution in [-0.2, 0) is 14.3 Å². The number of ether oxygens (including phenoxy) is 4. The summed E-state index contributed by atoms with van der Waals surface area (Å²) in [5.41, 5.74) is 1.90. The molecule has 0 aliphatic carbocycles. The molecule has 0 bridgehead atoms. The summed E-state index contributed by atoms with van der Waals surface area (Å²) in [6.07, 6.45) is 0.536. The molecule has 2 aromatic rings. The fraction of sp³-hybridized carbons (Fsp3) is 0.429. The average molecular weight is 498 g/mol. The summed E-state index contributed by atoms with van der Waals surface area (Å²) in [4.78, 5) is 27.8. The molecule has 1 amide bonds. The van der Waals surface area contributed by atoms with Crippen LogP contribution in [0.5, 0.6) is 17.2 Å². The van der Waals surface area contributed by atoms with Gasteiger partial charge in [0.05, 0.1) is 32.4 Å². The van der Waals surface area contributed by atoms with Crippen molar-refractivity contribution in [2.45, 2.75) is 33.2 Å². The van der Waals surface area contributed by atoms with Crippen molar-refractivity contribution >= 4 is 17.4 Å². The van der Waals surface area contributed by atoms with Gasteiger partial charge in [-0.1, -0.05) is 19.9 Å². The molecule has 1 aliphatic heterocycles. The SMILES string of the molecule is COCCCN1C(=O)C(=O)/C(=C(/O)c2ccc(OCC(C)C)c(C)c2)C1c1ccc(OC)c(OC)c1. The van der Waals surface area contributed by atoms with Crippen molar-refractivity contribution in [2.75, 3.05) is 41.1 Å². The number of carbonyl (C=O) groups is 2. The minimum Gasteiger partial charge on any atom is -0.507 e. The molecule has 0 aromatic heterocycles. The standard InChI is InChI=1S/C28H35NO7/c1-17(2)16-36-21-10-9-20(14-18(21)3)26(30)24-25(19-8-11-22(34-5)23(15-19)35-6)29(12-7-13-33-4)28(32)27(24)31/h8-11,14-15,17,25,30H,7,12-13,16H2,1-6H3/b26-24+. The third-order valence-corrected chi connectivity index (χ3v) is 6.03. The van der Waals surface area contributed by atoms with E-state index in [4.69, 9.17) is 18.9 Å². The number of benzene rings is 2. The van der Waals surface area contributed by atoms with Gasteiger partial charge in [-0.2, -0.15) is 0 Å². The smallest absolute Gasteiger partial charge is 0.295 e.